The van der Waals surface area contributed by atoms with Crippen molar-refractivity contribution < 1.29 is 8.42 Å². The number of nitrogens with zero attached hydrogens (tertiary/aromatic N) is 2. The number of nitrogens with two attached hydrogens (primary N) is 2. The number of aromatic nitrogens is 1. The number of fused-ring (bicyclic) bond motifs is 1. The van der Waals surface area contributed by atoms with Gasteiger partial charge in [0.15, 0.2) is 0 Å². The Bertz CT molecular complexity index is 886. The van der Waals surface area contributed by atoms with Gasteiger partial charge in [0.1, 0.15) is 10.6 Å². The maximum Gasteiger partial charge on any atom is 0.208 e. The number of aryl methyl sites for hydroxylation is 1. The summed E-state index contributed by atoms with van der Waals surface area (Å²) in [5.74, 6) is 0.948. The molecule has 2 aromatic heterocycles. The largest absolute Gasteiger partial charge is 0.397 e. The Morgan fingerprint density at radius 2 is 2.08 bits per heavy atom. The van der Waals surface area contributed by atoms with E-state index in [0.29, 0.717) is 6.54 Å². The van der Waals surface area contributed by atoms with Gasteiger partial charge >= 0.3 is 0 Å². The summed E-state index contributed by atoms with van der Waals surface area (Å²) >= 11 is 1.57. The molecule has 1 fully saturated rings. The number of sulfonamides is 1. The molecular weight excluding hydrogens is 370 g/mol. The Balaban J connectivity index is 1.87. The summed E-state index contributed by atoms with van der Waals surface area (Å²) in [5, 5.41) is 1.05. The minimum atomic E-state index is -3.16. The van der Waals surface area contributed by atoms with E-state index in [4.69, 9.17) is 16.5 Å². The SMILES string of the molecule is CCCc1cc(N2CCC(NS(C)(=O)=O)CC2)nc2sc(CN)c(N)c12. The molecule has 1 saturated heterocycles. The van der Waals surface area contributed by atoms with Crippen molar-refractivity contribution in [3.8, 4) is 0 Å². The van der Waals surface area contributed by atoms with Crippen molar-refractivity contribution >= 4 is 43.1 Å². The Morgan fingerprint density at radius 1 is 1.38 bits per heavy atom. The Hall–Kier alpha value is -1.42. The summed E-state index contributed by atoms with van der Waals surface area (Å²) in [6, 6.07) is 2.14. The maximum atomic E-state index is 11.4. The van der Waals surface area contributed by atoms with Gasteiger partial charge in [-0.25, -0.2) is 18.1 Å². The molecule has 0 aromatic carbocycles. The van der Waals surface area contributed by atoms with Crippen molar-refractivity contribution in [2.75, 3.05) is 30.0 Å². The number of rotatable bonds is 6. The van der Waals surface area contributed by atoms with Crippen LogP contribution < -0.4 is 21.1 Å². The summed E-state index contributed by atoms with van der Waals surface area (Å²) in [6.45, 7) is 4.14. The highest BCUT2D eigenvalue weighted by Crippen LogP contribution is 2.37. The molecular formula is C17H27N5O2S2. The molecule has 0 saturated carbocycles. The molecule has 1 aliphatic heterocycles. The van der Waals surface area contributed by atoms with Gasteiger partial charge < -0.3 is 16.4 Å². The number of nitrogen functional groups attached to an aromatic ring is 1. The van der Waals surface area contributed by atoms with Crippen LogP contribution in [0.25, 0.3) is 10.2 Å². The van der Waals surface area contributed by atoms with Crippen LogP contribution in [-0.4, -0.2) is 38.8 Å². The zero-order chi connectivity index (χ0) is 18.9. The van der Waals surface area contributed by atoms with Gasteiger partial charge in [-0.2, -0.15) is 0 Å². The van der Waals surface area contributed by atoms with Crippen molar-refractivity contribution in [1.29, 1.82) is 0 Å². The third kappa shape index (κ3) is 4.11. The van der Waals surface area contributed by atoms with Gasteiger partial charge in [-0.3, -0.25) is 0 Å². The highest BCUT2D eigenvalue weighted by atomic mass is 32.2. The first-order chi connectivity index (χ1) is 12.3. The van der Waals surface area contributed by atoms with E-state index in [1.54, 1.807) is 11.3 Å². The van der Waals surface area contributed by atoms with E-state index in [-0.39, 0.29) is 6.04 Å². The summed E-state index contributed by atoms with van der Waals surface area (Å²) in [6.07, 6.45) is 4.74. The van der Waals surface area contributed by atoms with Crippen molar-refractivity contribution in [3.63, 3.8) is 0 Å². The number of pyridine rings is 1. The Kier molecular flexibility index (Phi) is 5.71. The third-order valence-corrected chi connectivity index (χ3v) is 6.63. The number of hydrogen-bond acceptors (Lipinski definition) is 7. The number of piperidine rings is 1. The van der Waals surface area contributed by atoms with Crippen LogP contribution in [0.5, 0.6) is 0 Å². The molecule has 0 radical (unpaired) electrons. The standard InChI is InChI=1S/C17H27N5O2S2/c1-3-4-11-9-14(20-17-15(11)16(19)13(10-18)25-17)22-7-5-12(6-8-22)21-26(2,23)24/h9,12,21H,3-8,10,18-19H2,1-2H3. The molecule has 144 valence electrons. The molecule has 0 atom stereocenters. The predicted molar refractivity (Wildman–Crippen MR) is 109 cm³/mol. The molecule has 26 heavy (non-hydrogen) atoms. The van der Waals surface area contributed by atoms with Gasteiger partial charge in [0, 0.05) is 35.9 Å². The van der Waals surface area contributed by atoms with Crippen LogP contribution in [0.1, 0.15) is 36.6 Å². The summed E-state index contributed by atoms with van der Waals surface area (Å²) < 4.78 is 25.5. The topological polar surface area (TPSA) is 114 Å². The summed E-state index contributed by atoms with van der Waals surface area (Å²) in [7, 11) is -3.16. The van der Waals surface area contributed by atoms with Gasteiger partial charge in [0.25, 0.3) is 0 Å². The Labute approximate surface area is 158 Å². The average Bonchev–Trinajstić information content (AvgIpc) is 2.90. The number of anilines is 2. The van der Waals surface area contributed by atoms with E-state index >= 15 is 0 Å². The van der Waals surface area contributed by atoms with Crippen LogP contribution in [0.4, 0.5) is 11.5 Å². The minimum absolute atomic E-state index is 0.00122. The first kappa shape index (κ1) is 19.3. The van der Waals surface area contributed by atoms with Crippen LogP contribution in [0.3, 0.4) is 0 Å². The first-order valence-electron chi connectivity index (χ1n) is 8.95. The number of thiophene rings is 1. The summed E-state index contributed by atoms with van der Waals surface area (Å²) in [5.41, 5.74) is 14.1. The predicted octanol–water partition coefficient (Wildman–Crippen LogP) is 1.81. The zero-order valence-corrected chi connectivity index (χ0v) is 16.9. The van der Waals surface area contributed by atoms with E-state index in [1.165, 1.54) is 11.8 Å². The van der Waals surface area contributed by atoms with Gasteiger partial charge in [-0.15, -0.1) is 11.3 Å². The molecule has 0 aliphatic carbocycles. The van der Waals surface area contributed by atoms with Gasteiger partial charge in [0.05, 0.1) is 11.9 Å². The Morgan fingerprint density at radius 3 is 2.65 bits per heavy atom. The van der Waals surface area contributed by atoms with Crippen molar-refractivity contribution in [2.45, 2.75) is 45.2 Å². The second kappa shape index (κ2) is 7.67. The lowest BCUT2D eigenvalue weighted by molar-refractivity contribution is 0.460. The van der Waals surface area contributed by atoms with Crippen molar-refractivity contribution in [1.82, 2.24) is 9.71 Å². The van der Waals surface area contributed by atoms with Crippen LogP contribution in [0, 0.1) is 0 Å². The molecule has 7 nitrogen and oxygen atoms in total. The van der Waals surface area contributed by atoms with E-state index in [1.807, 2.05) is 0 Å². The lowest BCUT2D eigenvalue weighted by Crippen LogP contribution is -2.44. The summed E-state index contributed by atoms with van der Waals surface area (Å²) in [4.78, 5) is 9.00. The van der Waals surface area contributed by atoms with Crippen molar-refractivity contribution in [3.05, 3.63) is 16.5 Å². The molecule has 3 heterocycles. The fourth-order valence-electron chi connectivity index (χ4n) is 3.54. The monoisotopic (exact) mass is 397 g/mol. The molecule has 9 heteroatoms. The highest BCUT2D eigenvalue weighted by molar-refractivity contribution is 7.88. The molecule has 0 spiro atoms. The maximum absolute atomic E-state index is 11.4. The van der Waals surface area contributed by atoms with Crippen LogP contribution in [0.15, 0.2) is 6.07 Å². The lowest BCUT2D eigenvalue weighted by Gasteiger charge is -2.33. The number of hydrogen-bond donors (Lipinski definition) is 3. The second-order valence-electron chi connectivity index (χ2n) is 6.86. The lowest BCUT2D eigenvalue weighted by atomic mass is 10.0. The van der Waals surface area contributed by atoms with E-state index in [9.17, 15) is 8.42 Å². The molecule has 5 N–H and O–H groups in total. The molecule has 2 aromatic rings. The van der Waals surface area contributed by atoms with Gasteiger partial charge in [-0.1, -0.05) is 13.3 Å². The van der Waals surface area contributed by atoms with Crippen LogP contribution in [0.2, 0.25) is 0 Å². The minimum Gasteiger partial charge on any atom is -0.397 e. The molecule has 0 amide bonds. The van der Waals surface area contributed by atoms with Crippen LogP contribution >= 0.6 is 11.3 Å². The molecule has 3 rings (SSSR count). The molecule has 0 unspecified atom stereocenters. The van der Waals surface area contributed by atoms with E-state index < -0.39 is 10.0 Å². The average molecular weight is 398 g/mol. The van der Waals surface area contributed by atoms with Gasteiger partial charge in [-0.05, 0) is 30.9 Å². The molecule has 1 aliphatic rings. The van der Waals surface area contributed by atoms with Gasteiger partial charge in [0.2, 0.25) is 10.0 Å². The zero-order valence-electron chi connectivity index (χ0n) is 15.3. The quantitative estimate of drug-likeness (QED) is 0.685. The second-order valence-corrected chi connectivity index (χ2v) is 9.73. The third-order valence-electron chi connectivity index (χ3n) is 4.75. The van der Waals surface area contributed by atoms with Crippen LogP contribution in [-0.2, 0) is 23.0 Å². The highest BCUT2D eigenvalue weighted by Gasteiger charge is 2.24. The van der Waals surface area contributed by atoms with Crippen molar-refractivity contribution in [2.24, 2.45) is 5.73 Å². The smallest absolute Gasteiger partial charge is 0.208 e. The fourth-order valence-corrected chi connectivity index (χ4v) is 5.39. The molecule has 0 bridgehead atoms. The normalized spacial score (nSPS) is 16.5. The van der Waals surface area contributed by atoms with E-state index in [0.717, 1.165) is 65.4 Å². The number of nitrogens with one attached hydrogen (secondary N) is 1. The van der Waals surface area contributed by atoms with E-state index in [2.05, 4.69) is 22.6 Å². The first-order valence-corrected chi connectivity index (χ1v) is 11.7. The fraction of sp³-hybridized carbons (Fsp3) is 0.588.